The van der Waals surface area contributed by atoms with Crippen molar-refractivity contribution in [1.29, 1.82) is 0 Å². The van der Waals surface area contributed by atoms with Crippen molar-refractivity contribution in [1.82, 2.24) is 10.6 Å². The van der Waals surface area contributed by atoms with E-state index in [9.17, 15) is 14.4 Å². The number of hydrogen-bond acceptors (Lipinski definition) is 4. The molecule has 0 aliphatic heterocycles. The predicted molar refractivity (Wildman–Crippen MR) is 128 cm³/mol. The SMILES string of the molecule is CC(C)(C)OC(=O)NCCC(=O)NCc1cccc(NC(=O)CCc2ccccc2Br)c1. The second-order valence-electron chi connectivity index (χ2n) is 8.30. The van der Waals surface area contributed by atoms with Gasteiger partial charge in [-0.15, -0.1) is 0 Å². The van der Waals surface area contributed by atoms with Gasteiger partial charge in [0.25, 0.3) is 0 Å². The van der Waals surface area contributed by atoms with E-state index in [0.29, 0.717) is 25.1 Å². The molecule has 0 spiro atoms. The van der Waals surface area contributed by atoms with Crippen molar-refractivity contribution in [2.24, 2.45) is 0 Å². The Bertz CT molecular complexity index is 941. The maximum Gasteiger partial charge on any atom is 0.407 e. The largest absolute Gasteiger partial charge is 0.444 e. The zero-order valence-corrected chi connectivity index (χ0v) is 20.3. The molecule has 2 rings (SSSR count). The van der Waals surface area contributed by atoms with E-state index in [1.807, 2.05) is 48.5 Å². The maximum atomic E-state index is 12.3. The van der Waals surface area contributed by atoms with Crippen LogP contribution in [0, 0.1) is 0 Å². The lowest BCUT2D eigenvalue weighted by Gasteiger charge is -2.19. The van der Waals surface area contributed by atoms with Crippen LogP contribution in [0.25, 0.3) is 0 Å². The Kier molecular flexibility index (Phi) is 9.71. The van der Waals surface area contributed by atoms with E-state index in [0.717, 1.165) is 15.6 Å². The highest BCUT2D eigenvalue weighted by Gasteiger charge is 2.15. The lowest BCUT2D eigenvalue weighted by Crippen LogP contribution is -2.35. The number of halogens is 1. The number of ether oxygens (including phenoxy) is 1. The summed E-state index contributed by atoms with van der Waals surface area (Å²) in [5, 5.41) is 8.26. The summed E-state index contributed by atoms with van der Waals surface area (Å²) in [6.45, 7) is 5.84. The third-order valence-electron chi connectivity index (χ3n) is 4.30. The first kappa shape index (κ1) is 25.4. The molecule has 0 unspecified atom stereocenters. The molecule has 0 atom stereocenters. The maximum absolute atomic E-state index is 12.3. The summed E-state index contributed by atoms with van der Waals surface area (Å²) in [6.07, 6.45) is 0.604. The summed E-state index contributed by atoms with van der Waals surface area (Å²) in [7, 11) is 0. The van der Waals surface area contributed by atoms with E-state index in [-0.39, 0.29) is 24.8 Å². The van der Waals surface area contributed by atoms with Crippen molar-refractivity contribution in [3.05, 3.63) is 64.1 Å². The van der Waals surface area contributed by atoms with Crippen LogP contribution < -0.4 is 16.0 Å². The Morgan fingerprint density at radius 3 is 2.41 bits per heavy atom. The molecule has 0 heterocycles. The van der Waals surface area contributed by atoms with Gasteiger partial charge in [-0.05, 0) is 56.5 Å². The van der Waals surface area contributed by atoms with Crippen LogP contribution in [0.15, 0.2) is 53.0 Å². The highest BCUT2D eigenvalue weighted by atomic mass is 79.9. The van der Waals surface area contributed by atoms with E-state index in [2.05, 4.69) is 31.9 Å². The van der Waals surface area contributed by atoms with Gasteiger partial charge >= 0.3 is 6.09 Å². The van der Waals surface area contributed by atoms with Crippen LogP contribution in [0.3, 0.4) is 0 Å². The number of benzene rings is 2. The Morgan fingerprint density at radius 1 is 0.938 bits per heavy atom. The first-order chi connectivity index (χ1) is 15.1. The van der Waals surface area contributed by atoms with Crippen molar-refractivity contribution >= 4 is 39.5 Å². The standard InChI is InChI=1S/C24H30BrN3O4/c1-24(2,3)32-23(31)26-14-13-21(29)27-16-17-7-6-9-19(15-17)28-22(30)12-11-18-8-4-5-10-20(18)25/h4-10,15H,11-14,16H2,1-3H3,(H,26,31)(H,27,29)(H,28,30). The van der Waals surface area contributed by atoms with Gasteiger partial charge in [0.05, 0.1) is 0 Å². The minimum absolute atomic E-state index is 0.0739. The Morgan fingerprint density at radius 2 is 1.69 bits per heavy atom. The number of anilines is 1. The molecule has 0 bridgehead atoms. The number of hydrogen-bond donors (Lipinski definition) is 3. The zero-order valence-electron chi connectivity index (χ0n) is 18.7. The molecule has 0 saturated heterocycles. The highest BCUT2D eigenvalue weighted by Crippen LogP contribution is 2.18. The van der Waals surface area contributed by atoms with Crippen molar-refractivity contribution in [2.75, 3.05) is 11.9 Å². The van der Waals surface area contributed by atoms with E-state index in [1.165, 1.54) is 0 Å². The van der Waals surface area contributed by atoms with Crippen LogP contribution in [0.1, 0.15) is 44.7 Å². The minimum Gasteiger partial charge on any atom is -0.444 e. The van der Waals surface area contributed by atoms with Gasteiger partial charge < -0.3 is 20.7 Å². The smallest absolute Gasteiger partial charge is 0.407 e. The van der Waals surface area contributed by atoms with Gasteiger partial charge in [0, 0.05) is 36.1 Å². The third kappa shape index (κ3) is 9.96. The topological polar surface area (TPSA) is 96.5 Å². The lowest BCUT2D eigenvalue weighted by molar-refractivity contribution is -0.121. The van der Waals surface area contributed by atoms with Gasteiger partial charge in [-0.3, -0.25) is 9.59 Å². The van der Waals surface area contributed by atoms with Crippen LogP contribution in [-0.4, -0.2) is 30.1 Å². The Labute approximate surface area is 197 Å². The molecule has 0 aliphatic rings. The Hall–Kier alpha value is -2.87. The first-order valence-electron chi connectivity index (χ1n) is 10.5. The average Bonchev–Trinajstić information content (AvgIpc) is 2.70. The molecule has 7 nitrogen and oxygen atoms in total. The molecule has 32 heavy (non-hydrogen) atoms. The highest BCUT2D eigenvalue weighted by molar-refractivity contribution is 9.10. The molecule has 0 aromatic heterocycles. The average molecular weight is 504 g/mol. The van der Waals surface area contributed by atoms with Crippen LogP contribution in [0.2, 0.25) is 0 Å². The lowest BCUT2D eigenvalue weighted by atomic mass is 10.1. The number of alkyl carbamates (subject to hydrolysis) is 1. The number of carbonyl (C=O) groups is 3. The fourth-order valence-corrected chi connectivity index (χ4v) is 3.30. The summed E-state index contributed by atoms with van der Waals surface area (Å²) in [6, 6.07) is 15.2. The summed E-state index contributed by atoms with van der Waals surface area (Å²) in [5.74, 6) is -0.265. The monoisotopic (exact) mass is 503 g/mol. The number of amides is 3. The van der Waals surface area contributed by atoms with Gasteiger partial charge in [0.15, 0.2) is 0 Å². The molecule has 2 aromatic rings. The van der Waals surface area contributed by atoms with E-state index in [1.54, 1.807) is 20.8 Å². The molecular formula is C24H30BrN3O4. The summed E-state index contributed by atoms with van der Waals surface area (Å²) < 4.78 is 6.12. The normalized spacial score (nSPS) is 10.9. The fourth-order valence-electron chi connectivity index (χ4n) is 2.81. The van der Waals surface area contributed by atoms with E-state index < -0.39 is 11.7 Å². The molecule has 0 saturated carbocycles. The van der Waals surface area contributed by atoms with Gasteiger partial charge in [0.1, 0.15) is 5.60 Å². The summed E-state index contributed by atoms with van der Waals surface area (Å²) >= 11 is 3.49. The summed E-state index contributed by atoms with van der Waals surface area (Å²) in [4.78, 5) is 35.9. The van der Waals surface area contributed by atoms with Crippen LogP contribution in [0.4, 0.5) is 10.5 Å². The molecule has 172 valence electrons. The van der Waals surface area contributed by atoms with Gasteiger partial charge in [-0.1, -0.05) is 46.3 Å². The molecule has 3 N–H and O–H groups in total. The van der Waals surface area contributed by atoms with Gasteiger partial charge in [0.2, 0.25) is 11.8 Å². The van der Waals surface area contributed by atoms with Crippen LogP contribution >= 0.6 is 15.9 Å². The van der Waals surface area contributed by atoms with Gasteiger partial charge in [-0.2, -0.15) is 0 Å². The molecule has 0 fully saturated rings. The quantitative estimate of drug-likeness (QED) is 0.467. The second-order valence-corrected chi connectivity index (χ2v) is 9.15. The number of rotatable bonds is 9. The molecule has 0 aliphatic carbocycles. The van der Waals surface area contributed by atoms with Crippen molar-refractivity contribution < 1.29 is 19.1 Å². The zero-order chi connectivity index (χ0) is 23.6. The van der Waals surface area contributed by atoms with Crippen molar-refractivity contribution in [3.8, 4) is 0 Å². The van der Waals surface area contributed by atoms with E-state index in [4.69, 9.17) is 4.74 Å². The van der Waals surface area contributed by atoms with Gasteiger partial charge in [-0.25, -0.2) is 4.79 Å². The summed E-state index contributed by atoms with van der Waals surface area (Å²) in [5.41, 5.74) is 2.05. The van der Waals surface area contributed by atoms with Crippen molar-refractivity contribution in [2.45, 2.75) is 52.2 Å². The van der Waals surface area contributed by atoms with Crippen LogP contribution in [-0.2, 0) is 27.3 Å². The van der Waals surface area contributed by atoms with E-state index >= 15 is 0 Å². The predicted octanol–water partition coefficient (Wildman–Crippen LogP) is 4.55. The molecule has 8 heteroatoms. The van der Waals surface area contributed by atoms with Crippen molar-refractivity contribution in [3.63, 3.8) is 0 Å². The second kappa shape index (κ2) is 12.2. The first-order valence-corrected chi connectivity index (χ1v) is 11.3. The number of nitrogens with one attached hydrogen (secondary N) is 3. The molecule has 0 radical (unpaired) electrons. The number of aryl methyl sites for hydroxylation is 1. The fraction of sp³-hybridized carbons (Fsp3) is 0.375. The third-order valence-corrected chi connectivity index (χ3v) is 5.07. The minimum atomic E-state index is -0.578. The van der Waals surface area contributed by atoms with Crippen LogP contribution in [0.5, 0.6) is 0 Å². The molecular weight excluding hydrogens is 474 g/mol. The molecule has 2 aromatic carbocycles. The molecule has 3 amide bonds. The number of carbonyl (C=O) groups excluding carboxylic acids is 3. The Balaban J connectivity index is 1.73.